The van der Waals surface area contributed by atoms with Gasteiger partial charge in [-0.2, -0.15) is 0 Å². The number of anilines is 1. The van der Waals surface area contributed by atoms with Gasteiger partial charge < -0.3 is 29.0 Å². The summed E-state index contributed by atoms with van der Waals surface area (Å²) in [6.07, 6.45) is 0. The van der Waals surface area contributed by atoms with Crippen molar-refractivity contribution in [3.63, 3.8) is 0 Å². The average molecular weight is 375 g/mol. The molecule has 8 heteroatoms. The van der Waals surface area contributed by atoms with Crippen molar-refractivity contribution in [3.8, 4) is 23.0 Å². The van der Waals surface area contributed by atoms with Crippen LogP contribution in [-0.4, -0.2) is 46.4 Å². The Hall–Kier alpha value is -3.42. The van der Waals surface area contributed by atoms with E-state index < -0.39 is 18.5 Å². The van der Waals surface area contributed by atoms with Crippen molar-refractivity contribution in [1.29, 1.82) is 0 Å². The highest BCUT2D eigenvalue weighted by Crippen LogP contribution is 2.26. The Balaban J connectivity index is 1.82. The number of ether oxygens (including phenoxy) is 5. The highest BCUT2D eigenvalue weighted by atomic mass is 16.6. The molecule has 8 nitrogen and oxygen atoms in total. The van der Waals surface area contributed by atoms with Crippen molar-refractivity contribution >= 4 is 17.6 Å². The highest BCUT2D eigenvalue weighted by Gasteiger charge is 2.11. The highest BCUT2D eigenvalue weighted by molar-refractivity contribution is 5.93. The molecule has 0 unspecified atom stereocenters. The molecule has 0 bridgehead atoms. The van der Waals surface area contributed by atoms with E-state index in [4.69, 9.17) is 23.7 Å². The van der Waals surface area contributed by atoms with Gasteiger partial charge in [0.15, 0.2) is 24.7 Å². The zero-order chi connectivity index (χ0) is 19.6. The molecule has 2 aromatic carbocycles. The number of para-hydroxylation sites is 2. The zero-order valence-electron chi connectivity index (χ0n) is 15.3. The Morgan fingerprint density at radius 1 is 0.852 bits per heavy atom. The van der Waals surface area contributed by atoms with E-state index in [2.05, 4.69) is 5.32 Å². The van der Waals surface area contributed by atoms with E-state index >= 15 is 0 Å². The molecule has 0 atom stereocenters. The maximum absolute atomic E-state index is 12.0. The van der Waals surface area contributed by atoms with Gasteiger partial charge in [0.1, 0.15) is 11.5 Å². The summed E-state index contributed by atoms with van der Waals surface area (Å²) in [5.41, 5.74) is 0.456. The number of rotatable bonds is 9. The maximum atomic E-state index is 12.0. The molecule has 0 aliphatic carbocycles. The summed E-state index contributed by atoms with van der Waals surface area (Å²) in [7, 11) is 4.51. The van der Waals surface area contributed by atoms with Gasteiger partial charge in [0.25, 0.3) is 5.91 Å². The van der Waals surface area contributed by atoms with Gasteiger partial charge in [0.05, 0.1) is 21.3 Å². The summed E-state index contributed by atoms with van der Waals surface area (Å²) in [6, 6.07) is 11.8. The fourth-order valence-electron chi connectivity index (χ4n) is 2.14. The predicted octanol–water partition coefficient (Wildman–Crippen LogP) is 2.27. The first-order chi connectivity index (χ1) is 13.0. The molecule has 2 aromatic rings. The topological polar surface area (TPSA) is 92.3 Å². The molecule has 0 saturated heterocycles. The quantitative estimate of drug-likeness (QED) is 0.672. The standard InChI is InChI=1S/C19H21NO7/c1-23-14-8-13(9-15(10-14)24-2)20-18(21)11-27-19(22)12-26-17-7-5-4-6-16(17)25-3/h4-10H,11-12H2,1-3H3,(H,20,21). The first-order valence-corrected chi connectivity index (χ1v) is 8.00. The van der Waals surface area contributed by atoms with E-state index in [1.807, 2.05) is 0 Å². The number of methoxy groups -OCH3 is 3. The van der Waals surface area contributed by atoms with Crippen molar-refractivity contribution in [3.05, 3.63) is 42.5 Å². The molecule has 2 rings (SSSR count). The van der Waals surface area contributed by atoms with Crippen LogP contribution in [0.1, 0.15) is 0 Å². The Bertz CT molecular complexity index is 769. The molecular weight excluding hydrogens is 354 g/mol. The van der Waals surface area contributed by atoms with Gasteiger partial charge in [-0.3, -0.25) is 4.79 Å². The van der Waals surface area contributed by atoms with Crippen molar-refractivity contribution in [2.45, 2.75) is 0 Å². The van der Waals surface area contributed by atoms with Crippen LogP contribution in [0.3, 0.4) is 0 Å². The van der Waals surface area contributed by atoms with Crippen molar-refractivity contribution in [1.82, 2.24) is 0 Å². The second-order valence-electron chi connectivity index (χ2n) is 5.25. The third-order valence-corrected chi connectivity index (χ3v) is 3.41. The van der Waals surface area contributed by atoms with Gasteiger partial charge in [0.2, 0.25) is 0 Å². The first kappa shape index (κ1) is 19.9. The number of hydrogen-bond donors (Lipinski definition) is 1. The largest absolute Gasteiger partial charge is 0.497 e. The lowest BCUT2D eigenvalue weighted by Gasteiger charge is -2.11. The molecule has 0 radical (unpaired) electrons. The minimum absolute atomic E-state index is 0.347. The van der Waals surface area contributed by atoms with Crippen LogP contribution in [0.15, 0.2) is 42.5 Å². The molecule has 0 spiro atoms. The van der Waals surface area contributed by atoms with Gasteiger partial charge in [-0.15, -0.1) is 0 Å². The van der Waals surface area contributed by atoms with E-state index in [0.29, 0.717) is 28.7 Å². The Kier molecular flexibility index (Phi) is 7.30. The SMILES string of the molecule is COc1cc(NC(=O)COC(=O)COc2ccccc2OC)cc(OC)c1. The summed E-state index contributed by atoms with van der Waals surface area (Å²) in [6.45, 7) is -0.797. The summed E-state index contributed by atoms with van der Waals surface area (Å²) in [5, 5.41) is 2.60. The van der Waals surface area contributed by atoms with E-state index in [-0.39, 0.29) is 6.61 Å². The summed E-state index contributed by atoms with van der Waals surface area (Å²) < 4.78 is 25.6. The van der Waals surface area contributed by atoms with Crippen molar-refractivity contribution < 1.29 is 33.3 Å². The number of carbonyl (C=O) groups is 2. The average Bonchev–Trinajstić information content (AvgIpc) is 2.70. The normalized spacial score (nSPS) is 9.89. The second-order valence-corrected chi connectivity index (χ2v) is 5.25. The molecule has 0 saturated carbocycles. The minimum Gasteiger partial charge on any atom is -0.497 e. The lowest BCUT2D eigenvalue weighted by atomic mass is 10.2. The van der Waals surface area contributed by atoms with Crippen LogP contribution >= 0.6 is 0 Å². The number of esters is 1. The third-order valence-electron chi connectivity index (χ3n) is 3.41. The summed E-state index contributed by atoms with van der Waals surface area (Å²) in [4.78, 5) is 23.7. The van der Waals surface area contributed by atoms with Crippen LogP contribution in [0.5, 0.6) is 23.0 Å². The van der Waals surface area contributed by atoms with E-state index in [1.54, 1.807) is 42.5 Å². The number of carbonyl (C=O) groups excluding carboxylic acids is 2. The van der Waals surface area contributed by atoms with Gasteiger partial charge in [-0.25, -0.2) is 4.79 Å². The number of nitrogens with one attached hydrogen (secondary N) is 1. The van der Waals surface area contributed by atoms with Gasteiger partial charge in [-0.05, 0) is 12.1 Å². The van der Waals surface area contributed by atoms with E-state index in [9.17, 15) is 9.59 Å². The summed E-state index contributed by atoms with van der Waals surface area (Å²) >= 11 is 0. The van der Waals surface area contributed by atoms with Crippen LogP contribution in [0.4, 0.5) is 5.69 Å². The molecule has 144 valence electrons. The smallest absolute Gasteiger partial charge is 0.344 e. The van der Waals surface area contributed by atoms with Crippen LogP contribution in [0, 0.1) is 0 Å². The first-order valence-electron chi connectivity index (χ1n) is 8.00. The second kappa shape index (κ2) is 9.91. The fraction of sp³-hybridized carbons (Fsp3) is 0.263. The Morgan fingerprint density at radius 3 is 2.07 bits per heavy atom. The van der Waals surface area contributed by atoms with Crippen molar-refractivity contribution in [2.75, 3.05) is 39.9 Å². The molecule has 0 aromatic heterocycles. The minimum atomic E-state index is -0.681. The Labute approximate surface area is 156 Å². The van der Waals surface area contributed by atoms with E-state index in [0.717, 1.165) is 0 Å². The van der Waals surface area contributed by atoms with Crippen LogP contribution < -0.4 is 24.3 Å². The van der Waals surface area contributed by atoms with Crippen molar-refractivity contribution in [2.24, 2.45) is 0 Å². The summed E-state index contributed by atoms with van der Waals surface area (Å²) in [5.74, 6) is 0.758. The van der Waals surface area contributed by atoms with Gasteiger partial charge in [0, 0.05) is 23.9 Å². The lowest BCUT2D eigenvalue weighted by Crippen LogP contribution is -2.23. The Morgan fingerprint density at radius 2 is 1.48 bits per heavy atom. The van der Waals surface area contributed by atoms with Crippen LogP contribution in [0.25, 0.3) is 0 Å². The third kappa shape index (κ3) is 6.10. The zero-order valence-corrected chi connectivity index (χ0v) is 15.3. The van der Waals surface area contributed by atoms with Gasteiger partial charge in [-0.1, -0.05) is 12.1 Å². The molecule has 1 amide bonds. The monoisotopic (exact) mass is 375 g/mol. The molecule has 27 heavy (non-hydrogen) atoms. The molecule has 0 heterocycles. The van der Waals surface area contributed by atoms with Crippen LogP contribution in [0.2, 0.25) is 0 Å². The molecule has 1 N–H and O–H groups in total. The number of amides is 1. The molecule has 0 fully saturated rings. The predicted molar refractivity (Wildman–Crippen MR) is 97.6 cm³/mol. The number of hydrogen-bond acceptors (Lipinski definition) is 7. The molecular formula is C19H21NO7. The lowest BCUT2D eigenvalue weighted by molar-refractivity contribution is -0.149. The molecule has 0 aliphatic rings. The number of benzene rings is 2. The van der Waals surface area contributed by atoms with Crippen LogP contribution in [-0.2, 0) is 14.3 Å². The van der Waals surface area contributed by atoms with Gasteiger partial charge >= 0.3 is 5.97 Å². The molecule has 0 aliphatic heterocycles. The maximum Gasteiger partial charge on any atom is 0.344 e. The van der Waals surface area contributed by atoms with E-state index in [1.165, 1.54) is 21.3 Å². The fourth-order valence-corrected chi connectivity index (χ4v) is 2.14.